The number of hydrogen-bond donors (Lipinski definition) is 2. The predicted molar refractivity (Wildman–Crippen MR) is 131 cm³/mol. The van der Waals surface area contributed by atoms with E-state index < -0.39 is 29.5 Å². The van der Waals surface area contributed by atoms with Crippen molar-refractivity contribution in [2.24, 2.45) is 11.7 Å². The molecule has 0 radical (unpaired) electrons. The quantitative estimate of drug-likeness (QED) is 0.565. The fourth-order valence-electron chi connectivity index (χ4n) is 6.33. The molecule has 1 amide bonds. The van der Waals surface area contributed by atoms with E-state index in [9.17, 15) is 4.79 Å². The van der Waals surface area contributed by atoms with E-state index in [1.54, 1.807) is 17.0 Å². The Morgan fingerprint density at radius 3 is 2.86 bits per heavy atom. The molecule has 0 saturated carbocycles. The van der Waals surface area contributed by atoms with Gasteiger partial charge in [0.1, 0.15) is 11.6 Å². The monoisotopic (exact) mass is 494 g/mol. The number of rotatable bonds is 4. The molecule has 1 aromatic heterocycles. The van der Waals surface area contributed by atoms with Gasteiger partial charge in [0, 0.05) is 41.9 Å². The SMILES string of the molecule is Cc1cc2c(c(C3C(C(N)=O)Cn4ccnc4C3F)c1Cl)C[C@](c1ccccc1)([C@@H]1CCCN1)O2. The number of hydrogen-bond acceptors (Lipinski definition) is 4. The molecule has 3 N–H and O–H groups in total. The highest BCUT2D eigenvalue weighted by Crippen LogP contribution is 2.54. The van der Waals surface area contributed by atoms with E-state index in [1.807, 2.05) is 31.2 Å². The smallest absolute Gasteiger partial charge is 0.223 e. The number of primary amides is 1. The van der Waals surface area contributed by atoms with E-state index in [2.05, 4.69) is 22.4 Å². The van der Waals surface area contributed by atoms with Crippen molar-refractivity contribution in [1.82, 2.24) is 14.9 Å². The fraction of sp³-hybridized carbons (Fsp3) is 0.407. The lowest BCUT2D eigenvalue weighted by atomic mass is 9.74. The molecule has 6 rings (SSSR count). The molecule has 1 fully saturated rings. The summed E-state index contributed by atoms with van der Waals surface area (Å²) in [4.78, 5) is 16.9. The van der Waals surface area contributed by atoms with Gasteiger partial charge in [0.05, 0.1) is 12.0 Å². The van der Waals surface area contributed by atoms with Gasteiger partial charge in [-0.15, -0.1) is 0 Å². The Morgan fingerprint density at radius 2 is 2.14 bits per heavy atom. The first kappa shape index (κ1) is 22.6. The number of carbonyl (C=O) groups is 1. The highest BCUT2D eigenvalue weighted by Gasteiger charge is 2.52. The van der Waals surface area contributed by atoms with Crippen molar-refractivity contribution in [2.75, 3.05) is 6.54 Å². The van der Waals surface area contributed by atoms with Crippen molar-refractivity contribution < 1.29 is 13.9 Å². The average molecular weight is 495 g/mol. The van der Waals surface area contributed by atoms with Gasteiger partial charge in [-0.05, 0) is 49.1 Å². The summed E-state index contributed by atoms with van der Waals surface area (Å²) in [6.45, 7) is 3.08. The summed E-state index contributed by atoms with van der Waals surface area (Å²) in [6, 6.07) is 12.2. The van der Waals surface area contributed by atoms with Gasteiger partial charge < -0.3 is 20.4 Å². The molecule has 3 aromatic rings. The number of nitrogens with one attached hydrogen (secondary N) is 1. The maximum absolute atomic E-state index is 16.2. The van der Waals surface area contributed by atoms with Gasteiger partial charge in [-0.25, -0.2) is 9.37 Å². The van der Waals surface area contributed by atoms with E-state index in [4.69, 9.17) is 22.1 Å². The van der Waals surface area contributed by atoms with Crippen LogP contribution in [0.2, 0.25) is 5.02 Å². The number of ether oxygens (including phenoxy) is 1. The maximum Gasteiger partial charge on any atom is 0.223 e. The van der Waals surface area contributed by atoms with Crippen LogP contribution in [0.1, 0.15) is 53.0 Å². The number of amides is 1. The summed E-state index contributed by atoms with van der Waals surface area (Å²) in [6.07, 6.45) is 4.29. The van der Waals surface area contributed by atoms with Crippen LogP contribution < -0.4 is 15.8 Å². The molecule has 35 heavy (non-hydrogen) atoms. The molecule has 0 aliphatic carbocycles. The van der Waals surface area contributed by atoms with E-state index in [-0.39, 0.29) is 12.6 Å². The summed E-state index contributed by atoms with van der Waals surface area (Å²) >= 11 is 6.93. The molecule has 3 unspecified atom stereocenters. The van der Waals surface area contributed by atoms with E-state index in [0.717, 1.165) is 36.1 Å². The Labute approximate surface area is 208 Å². The Balaban J connectivity index is 1.53. The molecule has 182 valence electrons. The van der Waals surface area contributed by atoms with Crippen molar-refractivity contribution in [3.8, 4) is 5.75 Å². The Kier molecular flexibility index (Phi) is 5.38. The Morgan fingerprint density at radius 1 is 1.34 bits per heavy atom. The molecule has 8 heteroatoms. The zero-order valence-electron chi connectivity index (χ0n) is 19.5. The van der Waals surface area contributed by atoms with E-state index in [0.29, 0.717) is 28.6 Å². The molecule has 2 aromatic carbocycles. The number of halogens is 2. The number of aryl methyl sites for hydroxylation is 1. The highest BCUT2D eigenvalue weighted by molar-refractivity contribution is 6.32. The fourth-order valence-corrected chi connectivity index (χ4v) is 6.62. The number of aromatic nitrogens is 2. The van der Waals surface area contributed by atoms with Crippen LogP contribution in [0.3, 0.4) is 0 Å². The molecule has 5 atom stereocenters. The third-order valence-electron chi connectivity index (χ3n) is 8.01. The third-order valence-corrected chi connectivity index (χ3v) is 8.51. The first-order valence-corrected chi connectivity index (χ1v) is 12.5. The summed E-state index contributed by atoms with van der Waals surface area (Å²) in [5.74, 6) is -1.15. The van der Waals surface area contributed by atoms with Crippen LogP contribution >= 0.6 is 11.6 Å². The van der Waals surface area contributed by atoms with Crippen LogP contribution in [0.4, 0.5) is 4.39 Å². The normalized spacial score (nSPS) is 29.5. The van der Waals surface area contributed by atoms with Crippen LogP contribution in [0.5, 0.6) is 5.75 Å². The number of benzene rings is 2. The minimum absolute atomic E-state index is 0.0996. The number of alkyl halides is 1. The van der Waals surface area contributed by atoms with Gasteiger partial charge in [0.15, 0.2) is 11.8 Å². The van der Waals surface area contributed by atoms with Crippen LogP contribution in [0.25, 0.3) is 0 Å². The number of fused-ring (bicyclic) bond motifs is 2. The summed E-state index contributed by atoms with van der Waals surface area (Å²) < 4.78 is 24.7. The molecule has 3 aliphatic rings. The molecule has 0 spiro atoms. The topological polar surface area (TPSA) is 82.2 Å². The van der Waals surface area contributed by atoms with E-state index >= 15 is 4.39 Å². The van der Waals surface area contributed by atoms with Gasteiger partial charge in [-0.1, -0.05) is 41.9 Å². The zero-order valence-corrected chi connectivity index (χ0v) is 20.3. The standard InChI is InChI=1S/C27H28ClFN4O2/c1-15-12-19-17(13-27(35-19,20-8-5-9-31-20)16-6-3-2-4-7-16)21(23(15)28)22-18(25(30)34)14-33-11-10-32-26(33)24(22)29/h2-4,6-7,10-12,18,20,22,24,31H,5,8-9,13-14H2,1H3,(H2,30,34)/t18?,20-,22?,24?,27-/m0/s1. The lowest BCUT2D eigenvalue weighted by Gasteiger charge is -2.36. The van der Waals surface area contributed by atoms with Crippen LogP contribution in [-0.4, -0.2) is 28.0 Å². The minimum Gasteiger partial charge on any atom is -0.480 e. The van der Waals surface area contributed by atoms with E-state index in [1.165, 1.54) is 0 Å². The number of carbonyl (C=O) groups excluding carboxylic acids is 1. The highest BCUT2D eigenvalue weighted by atomic mass is 35.5. The summed E-state index contributed by atoms with van der Waals surface area (Å²) in [7, 11) is 0. The second kappa shape index (κ2) is 8.35. The molecule has 1 saturated heterocycles. The predicted octanol–water partition coefficient (Wildman–Crippen LogP) is 4.34. The first-order valence-electron chi connectivity index (χ1n) is 12.1. The summed E-state index contributed by atoms with van der Waals surface area (Å²) in [5, 5.41) is 4.09. The van der Waals surface area contributed by atoms with Crippen molar-refractivity contribution in [1.29, 1.82) is 0 Å². The summed E-state index contributed by atoms with van der Waals surface area (Å²) in [5.41, 5.74) is 8.53. The van der Waals surface area contributed by atoms with Gasteiger partial charge in [-0.2, -0.15) is 0 Å². The maximum atomic E-state index is 16.2. The lowest BCUT2D eigenvalue weighted by Crippen LogP contribution is -2.49. The Hall–Kier alpha value is -2.90. The molecule has 0 bridgehead atoms. The second-order valence-corrected chi connectivity index (χ2v) is 10.3. The van der Waals surface area contributed by atoms with Crippen LogP contribution in [0, 0.1) is 12.8 Å². The number of nitrogens with two attached hydrogens (primary N) is 1. The molecular weight excluding hydrogens is 467 g/mol. The van der Waals surface area contributed by atoms with Crippen LogP contribution in [-0.2, 0) is 23.4 Å². The largest absolute Gasteiger partial charge is 0.480 e. The number of nitrogens with zero attached hydrogens (tertiary/aromatic N) is 2. The van der Waals surface area contributed by atoms with Gasteiger partial charge >= 0.3 is 0 Å². The van der Waals surface area contributed by atoms with Crippen molar-refractivity contribution >= 4 is 17.5 Å². The van der Waals surface area contributed by atoms with Crippen molar-refractivity contribution in [2.45, 2.75) is 56.5 Å². The number of imidazole rings is 1. The van der Waals surface area contributed by atoms with Crippen LogP contribution in [0.15, 0.2) is 48.8 Å². The van der Waals surface area contributed by atoms with Crippen molar-refractivity contribution in [3.05, 3.63) is 81.9 Å². The van der Waals surface area contributed by atoms with Gasteiger partial charge in [0.25, 0.3) is 0 Å². The lowest BCUT2D eigenvalue weighted by molar-refractivity contribution is -0.124. The molecule has 3 aliphatic heterocycles. The average Bonchev–Trinajstić information content (AvgIpc) is 3.61. The molecular formula is C27H28ClFN4O2. The van der Waals surface area contributed by atoms with Gasteiger partial charge in [0.2, 0.25) is 5.91 Å². The Bertz CT molecular complexity index is 1290. The van der Waals surface area contributed by atoms with Crippen molar-refractivity contribution in [3.63, 3.8) is 0 Å². The van der Waals surface area contributed by atoms with Gasteiger partial charge in [-0.3, -0.25) is 4.79 Å². The molecule has 6 nitrogen and oxygen atoms in total. The first-order chi connectivity index (χ1) is 16.9. The zero-order chi connectivity index (χ0) is 24.3. The molecule has 4 heterocycles. The second-order valence-electron chi connectivity index (χ2n) is 9.96. The minimum atomic E-state index is -1.52. The third kappa shape index (κ3) is 3.39.